The molecule has 7 nitrogen and oxygen atoms in total. The zero-order valence-electron chi connectivity index (χ0n) is 13.6. The van der Waals surface area contributed by atoms with Crippen LogP contribution in [-0.4, -0.2) is 30.2 Å². The van der Waals surface area contributed by atoms with Crippen LogP contribution < -0.4 is 15.8 Å². The van der Waals surface area contributed by atoms with Crippen molar-refractivity contribution < 1.29 is 19.2 Å². The number of carbonyl (C=O) groups is 2. The number of hydrogen-bond acceptors (Lipinski definition) is 4. The summed E-state index contributed by atoms with van der Waals surface area (Å²) in [7, 11) is 0. The van der Waals surface area contributed by atoms with Crippen LogP contribution in [0.4, 0.5) is 10.5 Å². The molecule has 0 bridgehead atoms. The van der Waals surface area contributed by atoms with Gasteiger partial charge in [0, 0.05) is 5.69 Å². The van der Waals surface area contributed by atoms with Gasteiger partial charge in [-0.05, 0) is 49.2 Å². The number of para-hydroxylation sites is 1. The van der Waals surface area contributed by atoms with Gasteiger partial charge < -0.3 is 15.8 Å². The average Bonchev–Trinajstić information content (AvgIpc) is 2.64. The number of anilines is 1. The first kappa shape index (κ1) is 16.8. The molecule has 7 heteroatoms. The number of carbonyl (C=O) groups excluding carboxylic acids is 2. The molecule has 0 unspecified atom stereocenters. The minimum Gasteiger partial charge on any atom is -0.457 e. The van der Waals surface area contributed by atoms with Crippen molar-refractivity contribution in [2.75, 3.05) is 18.5 Å². The van der Waals surface area contributed by atoms with Crippen LogP contribution in [0, 0.1) is 0 Å². The van der Waals surface area contributed by atoms with E-state index in [2.05, 4.69) is 5.32 Å². The maximum absolute atomic E-state index is 12.1. The lowest BCUT2D eigenvalue weighted by Gasteiger charge is -2.25. The molecule has 2 aromatic carbocycles. The van der Waals surface area contributed by atoms with E-state index in [9.17, 15) is 9.59 Å². The Bertz CT molecular complexity index is 755. The van der Waals surface area contributed by atoms with E-state index in [0.29, 0.717) is 35.9 Å². The van der Waals surface area contributed by atoms with Gasteiger partial charge in [-0.3, -0.25) is 9.63 Å². The van der Waals surface area contributed by atoms with Crippen molar-refractivity contribution in [2.24, 2.45) is 5.73 Å². The van der Waals surface area contributed by atoms with Gasteiger partial charge >= 0.3 is 6.03 Å². The molecular weight excluding hydrogens is 322 g/mol. The molecule has 0 spiro atoms. The highest BCUT2D eigenvalue weighted by molar-refractivity contribution is 5.95. The monoisotopic (exact) mass is 341 g/mol. The highest BCUT2D eigenvalue weighted by atomic mass is 16.7. The molecule has 0 aromatic heterocycles. The van der Waals surface area contributed by atoms with Gasteiger partial charge in [0.25, 0.3) is 5.91 Å². The van der Waals surface area contributed by atoms with E-state index < -0.39 is 5.91 Å². The van der Waals surface area contributed by atoms with E-state index in [1.807, 2.05) is 0 Å². The molecule has 1 saturated heterocycles. The zero-order valence-corrected chi connectivity index (χ0v) is 13.6. The molecule has 0 radical (unpaired) electrons. The van der Waals surface area contributed by atoms with Crippen molar-refractivity contribution in [1.29, 1.82) is 0 Å². The van der Waals surface area contributed by atoms with Gasteiger partial charge in [-0.15, -0.1) is 0 Å². The van der Waals surface area contributed by atoms with Crippen molar-refractivity contribution in [3.63, 3.8) is 0 Å². The summed E-state index contributed by atoms with van der Waals surface area (Å²) in [5, 5.41) is 4.10. The summed E-state index contributed by atoms with van der Waals surface area (Å²) in [6, 6.07) is 13.3. The minimum atomic E-state index is -0.555. The molecule has 3 N–H and O–H groups in total. The van der Waals surface area contributed by atoms with Crippen LogP contribution in [0.1, 0.15) is 23.2 Å². The molecule has 0 atom stereocenters. The maximum Gasteiger partial charge on any atom is 0.345 e. The van der Waals surface area contributed by atoms with Crippen LogP contribution in [0.3, 0.4) is 0 Å². The van der Waals surface area contributed by atoms with Crippen molar-refractivity contribution in [1.82, 2.24) is 5.06 Å². The van der Waals surface area contributed by atoms with E-state index in [4.69, 9.17) is 15.3 Å². The van der Waals surface area contributed by atoms with Gasteiger partial charge in [0.05, 0.1) is 18.7 Å². The summed E-state index contributed by atoms with van der Waals surface area (Å²) in [5.74, 6) is 0.357. The number of ether oxygens (including phenoxy) is 1. The standard InChI is InChI=1S/C18H19N3O4/c19-17(22)15-5-1-2-6-16(15)25-14-9-7-13(8-10-14)20-18(23)21-11-3-4-12-24-21/h1-2,5-10H,3-4,11-12H2,(H2,19,22)(H,20,23). The highest BCUT2D eigenvalue weighted by Gasteiger charge is 2.17. The Hall–Kier alpha value is -3.06. The van der Waals surface area contributed by atoms with E-state index in [1.54, 1.807) is 48.5 Å². The Morgan fingerprint density at radius 2 is 1.84 bits per heavy atom. The van der Waals surface area contributed by atoms with E-state index in [-0.39, 0.29) is 6.03 Å². The van der Waals surface area contributed by atoms with Gasteiger partial charge in [-0.25, -0.2) is 9.86 Å². The smallest absolute Gasteiger partial charge is 0.345 e. The first-order valence-corrected chi connectivity index (χ1v) is 8.01. The summed E-state index contributed by atoms with van der Waals surface area (Å²) in [5.41, 5.74) is 6.26. The summed E-state index contributed by atoms with van der Waals surface area (Å²) in [6.07, 6.45) is 1.89. The van der Waals surface area contributed by atoms with Crippen LogP contribution in [0.25, 0.3) is 0 Å². The molecular formula is C18H19N3O4. The first-order valence-electron chi connectivity index (χ1n) is 8.01. The lowest BCUT2D eigenvalue weighted by molar-refractivity contribution is -0.135. The number of hydrogen-bond donors (Lipinski definition) is 2. The average molecular weight is 341 g/mol. The fourth-order valence-electron chi connectivity index (χ4n) is 2.44. The molecule has 0 aliphatic carbocycles. The molecule has 1 aliphatic heterocycles. The van der Waals surface area contributed by atoms with Gasteiger partial charge in [0.2, 0.25) is 0 Å². The number of nitrogens with zero attached hydrogens (tertiary/aromatic N) is 1. The number of hydroxylamine groups is 2. The molecule has 2 aromatic rings. The van der Waals surface area contributed by atoms with Crippen LogP contribution in [0.2, 0.25) is 0 Å². The lowest BCUT2D eigenvalue weighted by Crippen LogP contribution is -2.38. The Morgan fingerprint density at radius 1 is 1.08 bits per heavy atom. The second-order valence-corrected chi connectivity index (χ2v) is 5.56. The predicted octanol–water partition coefficient (Wildman–Crippen LogP) is 3.14. The molecule has 3 rings (SSSR count). The number of urea groups is 1. The fraction of sp³-hybridized carbons (Fsp3) is 0.222. The van der Waals surface area contributed by atoms with Crippen LogP contribution in [0.5, 0.6) is 11.5 Å². The largest absolute Gasteiger partial charge is 0.457 e. The van der Waals surface area contributed by atoms with Gasteiger partial charge in [-0.1, -0.05) is 12.1 Å². The van der Waals surface area contributed by atoms with Crippen LogP contribution >= 0.6 is 0 Å². The topological polar surface area (TPSA) is 93.9 Å². The Labute approximate surface area is 145 Å². The predicted molar refractivity (Wildman–Crippen MR) is 92.4 cm³/mol. The van der Waals surface area contributed by atoms with Gasteiger partial charge in [0.15, 0.2) is 0 Å². The number of rotatable bonds is 4. The Kier molecular flexibility index (Phi) is 5.15. The first-order chi connectivity index (χ1) is 12.1. The Morgan fingerprint density at radius 3 is 2.52 bits per heavy atom. The van der Waals surface area contributed by atoms with Gasteiger partial charge in [0.1, 0.15) is 11.5 Å². The van der Waals surface area contributed by atoms with E-state index >= 15 is 0 Å². The summed E-state index contributed by atoms with van der Waals surface area (Å²) in [4.78, 5) is 28.8. The molecule has 25 heavy (non-hydrogen) atoms. The number of nitrogens with one attached hydrogen (secondary N) is 1. The van der Waals surface area contributed by atoms with Gasteiger partial charge in [-0.2, -0.15) is 0 Å². The minimum absolute atomic E-state index is 0.299. The van der Waals surface area contributed by atoms with Crippen molar-refractivity contribution >= 4 is 17.6 Å². The number of benzene rings is 2. The molecule has 0 saturated carbocycles. The highest BCUT2D eigenvalue weighted by Crippen LogP contribution is 2.26. The third-order valence-electron chi connectivity index (χ3n) is 3.72. The Balaban J connectivity index is 1.64. The lowest BCUT2D eigenvalue weighted by atomic mass is 10.2. The molecule has 1 heterocycles. The molecule has 3 amide bonds. The molecule has 130 valence electrons. The SMILES string of the molecule is NC(=O)c1ccccc1Oc1ccc(NC(=O)N2CCCCO2)cc1. The van der Waals surface area contributed by atoms with E-state index in [1.165, 1.54) is 5.06 Å². The second-order valence-electron chi connectivity index (χ2n) is 5.56. The zero-order chi connectivity index (χ0) is 17.6. The number of amides is 3. The van der Waals surface area contributed by atoms with Crippen LogP contribution in [0.15, 0.2) is 48.5 Å². The third-order valence-corrected chi connectivity index (χ3v) is 3.72. The van der Waals surface area contributed by atoms with Crippen molar-refractivity contribution in [2.45, 2.75) is 12.8 Å². The summed E-state index contributed by atoms with van der Waals surface area (Å²) in [6.45, 7) is 1.14. The summed E-state index contributed by atoms with van der Waals surface area (Å²) < 4.78 is 5.70. The van der Waals surface area contributed by atoms with E-state index in [0.717, 1.165) is 12.8 Å². The van der Waals surface area contributed by atoms with Crippen LogP contribution in [-0.2, 0) is 4.84 Å². The number of primary amides is 1. The van der Waals surface area contributed by atoms with Crippen molar-refractivity contribution in [3.8, 4) is 11.5 Å². The van der Waals surface area contributed by atoms with Crippen molar-refractivity contribution in [3.05, 3.63) is 54.1 Å². The summed E-state index contributed by atoms with van der Waals surface area (Å²) >= 11 is 0. The normalized spacial score (nSPS) is 14.0. The maximum atomic E-state index is 12.1. The molecule has 1 aliphatic rings. The third kappa shape index (κ3) is 4.27. The fourth-order valence-corrected chi connectivity index (χ4v) is 2.44. The second kappa shape index (κ2) is 7.67. The number of nitrogens with two attached hydrogens (primary N) is 1. The quantitative estimate of drug-likeness (QED) is 0.893. The molecule has 1 fully saturated rings.